The van der Waals surface area contributed by atoms with Crippen LogP contribution in [0.25, 0.3) is 10.9 Å². The van der Waals surface area contributed by atoms with Gasteiger partial charge in [-0.15, -0.1) is 0 Å². The Morgan fingerprint density at radius 3 is 2.64 bits per heavy atom. The molecule has 6 heteroatoms. The van der Waals surface area contributed by atoms with Crippen LogP contribution in [0.15, 0.2) is 40.9 Å². The van der Waals surface area contributed by atoms with Gasteiger partial charge in [0.2, 0.25) is 0 Å². The second kappa shape index (κ2) is 6.47. The summed E-state index contributed by atoms with van der Waals surface area (Å²) in [5, 5.41) is 12.7. The molecule has 0 aliphatic rings. The average molecular weight is 340 g/mol. The zero-order valence-corrected chi connectivity index (χ0v) is 14.4. The molecule has 0 unspecified atom stereocenters. The molecule has 0 saturated carbocycles. The summed E-state index contributed by atoms with van der Waals surface area (Å²) in [5.41, 5.74) is 1.98. The van der Waals surface area contributed by atoms with Crippen LogP contribution in [0.3, 0.4) is 0 Å². The van der Waals surface area contributed by atoms with E-state index in [2.05, 4.69) is 5.32 Å². The smallest absolute Gasteiger partial charge is 0.323 e. The number of fused-ring (bicyclic) bond motifs is 1. The van der Waals surface area contributed by atoms with Gasteiger partial charge < -0.3 is 19.4 Å². The molecule has 0 atom stereocenters. The van der Waals surface area contributed by atoms with E-state index < -0.39 is 5.97 Å². The molecular formula is C19H20N2O4. The number of nitrogens with one attached hydrogen (secondary N) is 1. The molecule has 0 saturated heterocycles. The van der Waals surface area contributed by atoms with Gasteiger partial charge in [-0.3, -0.25) is 9.59 Å². The SMILES string of the molecule is Cc1oc(C(C)C)cc1C(=O)Nc1ccc2c(ccn2CC(=O)O)c1. The van der Waals surface area contributed by atoms with Crippen LogP contribution in [0, 0.1) is 6.92 Å². The fraction of sp³-hybridized carbons (Fsp3) is 0.263. The normalized spacial score (nSPS) is 11.2. The van der Waals surface area contributed by atoms with E-state index >= 15 is 0 Å². The van der Waals surface area contributed by atoms with Crippen molar-refractivity contribution < 1.29 is 19.1 Å². The summed E-state index contributed by atoms with van der Waals surface area (Å²) in [6, 6.07) is 8.99. The summed E-state index contributed by atoms with van der Waals surface area (Å²) in [4.78, 5) is 23.4. The van der Waals surface area contributed by atoms with Crippen molar-refractivity contribution in [1.82, 2.24) is 4.57 Å². The maximum atomic E-state index is 12.5. The molecule has 0 bridgehead atoms. The first-order valence-corrected chi connectivity index (χ1v) is 8.07. The summed E-state index contributed by atoms with van der Waals surface area (Å²) in [6.07, 6.45) is 1.72. The number of carbonyl (C=O) groups excluding carboxylic acids is 1. The van der Waals surface area contributed by atoms with Crippen LogP contribution in [-0.2, 0) is 11.3 Å². The summed E-state index contributed by atoms with van der Waals surface area (Å²) in [5.74, 6) is 0.466. The fourth-order valence-electron chi connectivity index (χ4n) is 2.77. The molecule has 0 spiro atoms. The lowest BCUT2D eigenvalue weighted by molar-refractivity contribution is -0.137. The van der Waals surface area contributed by atoms with E-state index in [0.717, 1.165) is 16.7 Å². The Morgan fingerprint density at radius 2 is 2.00 bits per heavy atom. The molecule has 0 aliphatic heterocycles. The topological polar surface area (TPSA) is 84.5 Å². The van der Waals surface area contributed by atoms with Crippen LogP contribution < -0.4 is 5.32 Å². The highest BCUT2D eigenvalue weighted by atomic mass is 16.4. The number of aryl methyl sites for hydroxylation is 1. The first-order valence-electron chi connectivity index (χ1n) is 8.07. The van der Waals surface area contributed by atoms with Crippen LogP contribution in [0.2, 0.25) is 0 Å². The van der Waals surface area contributed by atoms with Crippen molar-refractivity contribution in [3.63, 3.8) is 0 Å². The van der Waals surface area contributed by atoms with Gasteiger partial charge in [-0.25, -0.2) is 0 Å². The monoisotopic (exact) mass is 340 g/mol. The zero-order chi connectivity index (χ0) is 18.1. The third-order valence-corrected chi connectivity index (χ3v) is 4.08. The van der Waals surface area contributed by atoms with Gasteiger partial charge in [0, 0.05) is 28.7 Å². The molecule has 25 heavy (non-hydrogen) atoms. The highest BCUT2D eigenvalue weighted by Gasteiger charge is 2.17. The van der Waals surface area contributed by atoms with E-state index in [0.29, 0.717) is 17.0 Å². The molecule has 3 aromatic rings. The lowest BCUT2D eigenvalue weighted by Gasteiger charge is -2.06. The second-order valence-electron chi connectivity index (χ2n) is 6.34. The molecule has 1 aromatic carbocycles. The third kappa shape index (κ3) is 3.42. The number of benzene rings is 1. The van der Waals surface area contributed by atoms with Gasteiger partial charge in [-0.05, 0) is 37.3 Å². The van der Waals surface area contributed by atoms with Crippen molar-refractivity contribution in [3.8, 4) is 0 Å². The van der Waals surface area contributed by atoms with Crippen LogP contribution in [-0.4, -0.2) is 21.6 Å². The van der Waals surface area contributed by atoms with E-state index in [1.165, 1.54) is 0 Å². The number of aromatic nitrogens is 1. The molecule has 130 valence electrons. The molecule has 2 heterocycles. The number of rotatable bonds is 5. The molecule has 6 nitrogen and oxygen atoms in total. The Kier molecular flexibility index (Phi) is 4.35. The predicted molar refractivity (Wildman–Crippen MR) is 95.1 cm³/mol. The fourth-order valence-corrected chi connectivity index (χ4v) is 2.77. The van der Waals surface area contributed by atoms with Crippen molar-refractivity contribution in [3.05, 3.63) is 53.6 Å². The molecule has 2 N–H and O–H groups in total. The summed E-state index contributed by atoms with van der Waals surface area (Å²) in [7, 11) is 0. The maximum Gasteiger partial charge on any atom is 0.323 e. The first kappa shape index (κ1) is 16.8. The van der Waals surface area contributed by atoms with Gasteiger partial charge in [0.15, 0.2) is 0 Å². The van der Waals surface area contributed by atoms with Gasteiger partial charge in [0.1, 0.15) is 18.1 Å². The number of nitrogens with zero attached hydrogens (tertiary/aromatic N) is 1. The number of hydrogen-bond acceptors (Lipinski definition) is 3. The number of carboxylic acid groups (broad SMARTS) is 1. The standard InChI is InChI=1S/C19H20N2O4/c1-11(2)17-9-15(12(3)25-17)19(24)20-14-4-5-16-13(8-14)6-7-21(16)10-18(22)23/h4-9,11H,10H2,1-3H3,(H,20,24)(H,22,23). The molecule has 0 fully saturated rings. The number of hydrogen-bond donors (Lipinski definition) is 2. The van der Waals surface area contributed by atoms with E-state index in [1.54, 1.807) is 35.9 Å². The van der Waals surface area contributed by atoms with Gasteiger partial charge >= 0.3 is 5.97 Å². The Balaban J connectivity index is 1.83. The predicted octanol–water partition coefficient (Wildman–Crippen LogP) is 4.00. The molecule has 0 radical (unpaired) electrons. The minimum Gasteiger partial charge on any atom is -0.480 e. The number of carbonyl (C=O) groups is 2. The molecule has 0 aliphatic carbocycles. The van der Waals surface area contributed by atoms with Crippen LogP contribution >= 0.6 is 0 Å². The number of furan rings is 1. The van der Waals surface area contributed by atoms with Gasteiger partial charge in [-0.2, -0.15) is 0 Å². The average Bonchev–Trinajstić information content (AvgIpc) is 3.10. The van der Waals surface area contributed by atoms with Crippen molar-refractivity contribution in [2.75, 3.05) is 5.32 Å². The van der Waals surface area contributed by atoms with Crippen molar-refractivity contribution in [2.24, 2.45) is 0 Å². The summed E-state index contributed by atoms with van der Waals surface area (Å²) >= 11 is 0. The zero-order valence-electron chi connectivity index (χ0n) is 14.4. The molecule has 2 aromatic heterocycles. The lowest BCUT2D eigenvalue weighted by Crippen LogP contribution is -2.12. The summed E-state index contributed by atoms with van der Waals surface area (Å²) < 4.78 is 7.28. The molecule has 3 rings (SSSR count). The summed E-state index contributed by atoms with van der Waals surface area (Å²) in [6.45, 7) is 5.70. The molecule has 1 amide bonds. The van der Waals surface area contributed by atoms with Crippen molar-refractivity contribution in [1.29, 1.82) is 0 Å². The van der Waals surface area contributed by atoms with Gasteiger partial charge in [0.05, 0.1) is 5.56 Å². The van der Waals surface area contributed by atoms with Crippen LogP contribution in [0.5, 0.6) is 0 Å². The number of carboxylic acids is 1. The third-order valence-electron chi connectivity index (χ3n) is 4.08. The largest absolute Gasteiger partial charge is 0.480 e. The minimum atomic E-state index is -0.897. The highest BCUT2D eigenvalue weighted by Crippen LogP contribution is 2.24. The molecular weight excluding hydrogens is 320 g/mol. The number of anilines is 1. The Labute approximate surface area is 145 Å². The second-order valence-corrected chi connectivity index (χ2v) is 6.34. The van der Waals surface area contributed by atoms with E-state index in [-0.39, 0.29) is 18.4 Å². The van der Waals surface area contributed by atoms with Crippen LogP contribution in [0.1, 0.15) is 41.6 Å². The number of aliphatic carboxylic acids is 1. The Morgan fingerprint density at radius 1 is 1.24 bits per heavy atom. The Hall–Kier alpha value is -3.02. The highest BCUT2D eigenvalue weighted by molar-refractivity contribution is 6.05. The van der Waals surface area contributed by atoms with Gasteiger partial charge in [-0.1, -0.05) is 13.8 Å². The van der Waals surface area contributed by atoms with Crippen molar-refractivity contribution in [2.45, 2.75) is 33.2 Å². The van der Waals surface area contributed by atoms with Crippen molar-refractivity contribution >= 4 is 28.5 Å². The van der Waals surface area contributed by atoms with E-state index in [4.69, 9.17) is 9.52 Å². The van der Waals surface area contributed by atoms with Gasteiger partial charge in [0.25, 0.3) is 5.91 Å². The Bertz CT molecular complexity index is 950. The quantitative estimate of drug-likeness (QED) is 0.735. The number of amides is 1. The van der Waals surface area contributed by atoms with E-state index in [1.807, 2.05) is 26.0 Å². The maximum absolute atomic E-state index is 12.5. The van der Waals surface area contributed by atoms with E-state index in [9.17, 15) is 9.59 Å². The minimum absolute atomic E-state index is 0.0958. The lowest BCUT2D eigenvalue weighted by atomic mass is 10.1. The van der Waals surface area contributed by atoms with Crippen LogP contribution in [0.4, 0.5) is 5.69 Å². The first-order chi connectivity index (χ1) is 11.8.